The van der Waals surface area contributed by atoms with Crippen molar-refractivity contribution in [3.05, 3.63) is 35.2 Å². The molecule has 3 heterocycles. The van der Waals surface area contributed by atoms with Gasteiger partial charge in [0.2, 0.25) is 5.91 Å². The van der Waals surface area contributed by atoms with Crippen molar-refractivity contribution >= 4 is 28.3 Å². The second-order valence-corrected chi connectivity index (χ2v) is 7.15. The smallest absolute Gasteiger partial charge is 0.289 e. The summed E-state index contributed by atoms with van der Waals surface area (Å²) in [5.74, 6) is 0.204. The Balaban J connectivity index is 1.61. The number of thiazole rings is 1. The molecule has 2 amide bonds. The van der Waals surface area contributed by atoms with Gasteiger partial charge in [-0.15, -0.1) is 11.3 Å². The van der Waals surface area contributed by atoms with Gasteiger partial charge in [0.25, 0.3) is 5.91 Å². The van der Waals surface area contributed by atoms with Crippen molar-refractivity contribution in [3.63, 3.8) is 0 Å². The first-order valence-corrected chi connectivity index (χ1v) is 9.01. The number of carbonyl (C=O) groups is 2. The number of likely N-dealkylation sites (tertiary alicyclic amines) is 1. The Morgan fingerprint density at radius 1 is 1.46 bits per heavy atom. The van der Waals surface area contributed by atoms with Gasteiger partial charge in [0.1, 0.15) is 0 Å². The van der Waals surface area contributed by atoms with Crippen molar-refractivity contribution in [1.82, 2.24) is 9.88 Å². The number of hydrogen-bond acceptors (Lipinski definition) is 5. The van der Waals surface area contributed by atoms with Gasteiger partial charge in [-0.3, -0.25) is 9.59 Å². The molecule has 0 bridgehead atoms. The van der Waals surface area contributed by atoms with Crippen molar-refractivity contribution in [1.29, 1.82) is 0 Å². The monoisotopic (exact) mass is 347 g/mol. The van der Waals surface area contributed by atoms with E-state index in [1.54, 1.807) is 17.0 Å². The highest BCUT2D eigenvalue weighted by Crippen LogP contribution is 2.24. The number of hydrogen-bond donors (Lipinski definition) is 1. The molecule has 1 fully saturated rings. The molecule has 6 nitrogen and oxygen atoms in total. The minimum absolute atomic E-state index is 0.0726. The summed E-state index contributed by atoms with van der Waals surface area (Å²) in [4.78, 5) is 31.0. The van der Waals surface area contributed by atoms with Crippen LogP contribution in [0.1, 0.15) is 48.9 Å². The Kier molecular flexibility index (Phi) is 4.99. The van der Waals surface area contributed by atoms with E-state index in [1.807, 2.05) is 5.38 Å². The fourth-order valence-electron chi connectivity index (χ4n) is 2.75. The van der Waals surface area contributed by atoms with Gasteiger partial charge in [0.05, 0.1) is 17.9 Å². The molecule has 2 aromatic rings. The Bertz CT molecular complexity index is 708. The van der Waals surface area contributed by atoms with Gasteiger partial charge in [-0.25, -0.2) is 4.98 Å². The summed E-state index contributed by atoms with van der Waals surface area (Å²) in [5.41, 5.74) is 0.980. The van der Waals surface area contributed by atoms with Crippen LogP contribution in [-0.4, -0.2) is 34.8 Å². The molecular formula is C17H21N3O3S. The Morgan fingerprint density at radius 3 is 2.96 bits per heavy atom. The molecule has 1 unspecified atom stereocenters. The minimum Gasteiger partial charge on any atom is -0.459 e. The van der Waals surface area contributed by atoms with Crippen LogP contribution in [0, 0.1) is 5.92 Å². The van der Waals surface area contributed by atoms with Crippen molar-refractivity contribution in [3.8, 4) is 0 Å². The fourth-order valence-corrected chi connectivity index (χ4v) is 3.62. The maximum atomic E-state index is 12.5. The zero-order valence-electron chi connectivity index (χ0n) is 13.8. The van der Waals surface area contributed by atoms with Crippen LogP contribution < -0.4 is 5.32 Å². The summed E-state index contributed by atoms with van der Waals surface area (Å²) in [5, 5.41) is 5.48. The van der Waals surface area contributed by atoms with E-state index in [1.165, 1.54) is 17.6 Å². The van der Waals surface area contributed by atoms with E-state index in [4.69, 9.17) is 4.42 Å². The maximum absolute atomic E-state index is 12.5. The lowest BCUT2D eigenvalue weighted by Crippen LogP contribution is -2.43. The molecule has 3 rings (SSSR count). The summed E-state index contributed by atoms with van der Waals surface area (Å²) >= 11 is 1.44. The molecule has 128 valence electrons. The van der Waals surface area contributed by atoms with Crippen molar-refractivity contribution in [2.75, 3.05) is 18.4 Å². The molecule has 7 heteroatoms. The van der Waals surface area contributed by atoms with Gasteiger partial charge in [-0.1, -0.05) is 13.8 Å². The van der Waals surface area contributed by atoms with Crippen LogP contribution in [0.3, 0.4) is 0 Å². The normalized spacial score (nSPS) is 18.0. The summed E-state index contributed by atoms with van der Waals surface area (Å²) in [6, 6.07) is 3.34. The highest BCUT2D eigenvalue weighted by molar-refractivity contribution is 7.13. The van der Waals surface area contributed by atoms with Crippen LogP contribution in [-0.2, 0) is 4.79 Å². The number of carbonyl (C=O) groups excluding carboxylic acids is 2. The van der Waals surface area contributed by atoms with Crippen LogP contribution >= 0.6 is 11.3 Å². The van der Waals surface area contributed by atoms with E-state index in [2.05, 4.69) is 24.1 Å². The van der Waals surface area contributed by atoms with Gasteiger partial charge >= 0.3 is 0 Å². The van der Waals surface area contributed by atoms with Crippen LogP contribution in [0.2, 0.25) is 0 Å². The van der Waals surface area contributed by atoms with Crippen molar-refractivity contribution < 1.29 is 14.0 Å². The molecular weight excluding hydrogens is 326 g/mol. The fraction of sp³-hybridized carbons (Fsp3) is 0.471. The number of aromatic nitrogens is 1. The average molecular weight is 347 g/mol. The summed E-state index contributed by atoms with van der Waals surface area (Å²) in [7, 11) is 0. The first-order chi connectivity index (χ1) is 11.5. The Labute approximate surface area is 144 Å². The average Bonchev–Trinajstić information content (AvgIpc) is 3.26. The molecule has 0 radical (unpaired) electrons. The SMILES string of the molecule is CC(C)c1csc(NC(=O)C2CCCN(C(=O)c3ccco3)C2)n1. The third-order valence-electron chi connectivity index (χ3n) is 4.15. The van der Waals surface area contributed by atoms with Crippen molar-refractivity contribution in [2.45, 2.75) is 32.6 Å². The first-order valence-electron chi connectivity index (χ1n) is 8.13. The third kappa shape index (κ3) is 3.67. The van der Waals surface area contributed by atoms with E-state index < -0.39 is 0 Å². The van der Waals surface area contributed by atoms with Crippen molar-refractivity contribution in [2.24, 2.45) is 5.92 Å². The lowest BCUT2D eigenvalue weighted by Gasteiger charge is -2.31. The highest BCUT2D eigenvalue weighted by atomic mass is 32.1. The standard InChI is InChI=1S/C17H21N3O3S/c1-11(2)13-10-24-17(18-13)19-15(21)12-5-3-7-20(9-12)16(22)14-6-4-8-23-14/h4,6,8,10-12H,3,5,7,9H2,1-2H3,(H,18,19,21). The number of furan rings is 1. The minimum atomic E-state index is -0.218. The third-order valence-corrected chi connectivity index (χ3v) is 4.93. The Morgan fingerprint density at radius 2 is 2.29 bits per heavy atom. The summed E-state index contributed by atoms with van der Waals surface area (Å²) in [6.45, 7) is 5.20. The number of nitrogens with one attached hydrogen (secondary N) is 1. The van der Waals surface area contributed by atoms with Gasteiger partial charge in [0, 0.05) is 18.5 Å². The second-order valence-electron chi connectivity index (χ2n) is 6.29. The Hall–Kier alpha value is -2.15. The molecule has 1 aliphatic heterocycles. The number of rotatable bonds is 4. The molecule has 0 aromatic carbocycles. The first kappa shape index (κ1) is 16.7. The predicted molar refractivity (Wildman–Crippen MR) is 92.2 cm³/mol. The molecule has 24 heavy (non-hydrogen) atoms. The molecule has 2 aromatic heterocycles. The van der Waals surface area contributed by atoms with Crippen LogP contribution in [0.15, 0.2) is 28.2 Å². The van der Waals surface area contributed by atoms with E-state index in [0.29, 0.717) is 29.9 Å². The number of nitrogens with zero attached hydrogens (tertiary/aromatic N) is 2. The largest absolute Gasteiger partial charge is 0.459 e. The zero-order valence-corrected chi connectivity index (χ0v) is 14.6. The lowest BCUT2D eigenvalue weighted by molar-refractivity contribution is -0.121. The van der Waals surface area contributed by atoms with E-state index in [9.17, 15) is 9.59 Å². The van der Waals surface area contributed by atoms with Gasteiger partial charge in [-0.05, 0) is 30.9 Å². The molecule has 1 saturated heterocycles. The lowest BCUT2D eigenvalue weighted by atomic mass is 9.97. The molecule has 1 aliphatic rings. The summed E-state index contributed by atoms with van der Waals surface area (Å²) in [6.07, 6.45) is 3.06. The van der Waals surface area contributed by atoms with E-state index >= 15 is 0 Å². The number of amides is 2. The van der Waals surface area contributed by atoms with E-state index in [0.717, 1.165) is 18.5 Å². The molecule has 1 N–H and O–H groups in total. The zero-order chi connectivity index (χ0) is 17.1. The molecule has 1 atom stereocenters. The number of anilines is 1. The molecule has 0 spiro atoms. The molecule has 0 saturated carbocycles. The van der Waals surface area contributed by atoms with E-state index in [-0.39, 0.29) is 17.7 Å². The van der Waals surface area contributed by atoms with Crippen LogP contribution in [0.4, 0.5) is 5.13 Å². The second kappa shape index (κ2) is 7.17. The molecule has 0 aliphatic carbocycles. The van der Waals surface area contributed by atoms with Crippen LogP contribution in [0.25, 0.3) is 0 Å². The highest BCUT2D eigenvalue weighted by Gasteiger charge is 2.30. The van der Waals surface area contributed by atoms with Gasteiger partial charge < -0.3 is 14.6 Å². The summed E-state index contributed by atoms with van der Waals surface area (Å²) < 4.78 is 5.16. The topological polar surface area (TPSA) is 75.4 Å². The maximum Gasteiger partial charge on any atom is 0.289 e. The van der Waals surface area contributed by atoms with Gasteiger partial charge in [0.15, 0.2) is 10.9 Å². The van der Waals surface area contributed by atoms with Gasteiger partial charge in [-0.2, -0.15) is 0 Å². The number of piperidine rings is 1. The quantitative estimate of drug-likeness (QED) is 0.920. The van der Waals surface area contributed by atoms with Crippen LogP contribution in [0.5, 0.6) is 0 Å². The predicted octanol–water partition coefficient (Wildman–Crippen LogP) is 3.35.